The fourth-order valence-electron chi connectivity index (χ4n) is 2.29. The van der Waals surface area contributed by atoms with Crippen LogP contribution in [-0.4, -0.2) is 48.2 Å². The zero-order chi connectivity index (χ0) is 20.9. The molecule has 10 heteroatoms. The van der Waals surface area contributed by atoms with E-state index in [4.69, 9.17) is 9.26 Å². The summed E-state index contributed by atoms with van der Waals surface area (Å²) in [7, 11) is -2.63. The predicted octanol–water partition coefficient (Wildman–Crippen LogP) is 1.83. The Labute approximate surface area is 163 Å². The average molecular weight is 409 g/mol. The van der Waals surface area contributed by atoms with Crippen LogP contribution < -0.4 is 0 Å². The van der Waals surface area contributed by atoms with Crippen molar-refractivity contribution in [3.8, 4) is 0 Å². The van der Waals surface area contributed by atoms with Gasteiger partial charge in [-0.15, -0.1) is 0 Å². The number of carbonyl (C=O) groups is 2. The molecule has 0 radical (unpaired) electrons. The number of hydrogen-bond acceptors (Lipinski definition) is 8. The maximum atomic E-state index is 12.5. The van der Waals surface area contributed by atoms with Crippen LogP contribution in [0.15, 0.2) is 33.7 Å². The van der Waals surface area contributed by atoms with Crippen LogP contribution in [-0.2, 0) is 32.6 Å². The Hall–Kier alpha value is -2.59. The number of Topliss-reactive ketones (excluding diaryl/α,β-unsaturated/α-hetero) is 1. The molecule has 2 rings (SSSR count). The number of nitrogens with zero attached hydrogens (tertiary/aromatic N) is 3. The number of ketones is 1. The first-order valence-electron chi connectivity index (χ1n) is 8.64. The van der Waals surface area contributed by atoms with E-state index in [9.17, 15) is 18.0 Å². The number of carbonyl (C=O) groups excluding carboxylic acids is 2. The SMILES string of the molecule is CC(=O)c1ccc(S(=O)(=O)N(C)CC(=O)OCc2nc(CC(C)C)no2)cc1. The molecule has 0 spiro atoms. The van der Waals surface area contributed by atoms with Gasteiger partial charge in [0.2, 0.25) is 10.0 Å². The van der Waals surface area contributed by atoms with Gasteiger partial charge in [-0.05, 0) is 25.0 Å². The molecule has 0 atom stereocenters. The smallest absolute Gasteiger partial charge is 0.321 e. The highest BCUT2D eigenvalue weighted by atomic mass is 32.2. The average Bonchev–Trinajstić information content (AvgIpc) is 3.06. The summed E-state index contributed by atoms with van der Waals surface area (Å²) in [6, 6.07) is 5.49. The van der Waals surface area contributed by atoms with Gasteiger partial charge in [0.05, 0.1) is 4.90 Å². The zero-order valence-corrected chi connectivity index (χ0v) is 17.0. The van der Waals surface area contributed by atoms with Gasteiger partial charge in [-0.2, -0.15) is 9.29 Å². The molecule has 0 saturated heterocycles. The van der Waals surface area contributed by atoms with Crippen LogP contribution >= 0.6 is 0 Å². The highest BCUT2D eigenvalue weighted by Gasteiger charge is 2.24. The Morgan fingerprint density at radius 2 is 1.86 bits per heavy atom. The summed E-state index contributed by atoms with van der Waals surface area (Å²) < 4.78 is 35.9. The fraction of sp³-hybridized carbons (Fsp3) is 0.444. The molecule has 1 heterocycles. The molecule has 0 N–H and O–H groups in total. The van der Waals surface area contributed by atoms with Crippen LogP contribution in [0, 0.1) is 5.92 Å². The van der Waals surface area contributed by atoms with Gasteiger partial charge in [-0.3, -0.25) is 9.59 Å². The van der Waals surface area contributed by atoms with Gasteiger partial charge in [0.1, 0.15) is 6.54 Å². The first kappa shape index (κ1) is 21.7. The molecule has 0 amide bonds. The molecule has 1 aromatic heterocycles. The summed E-state index contributed by atoms with van der Waals surface area (Å²) in [4.78, 5) is 27.3. The van der Waals surface area contributed by atoms with E-state index < -0.39 is 22.5 Å². The highest BCUT2D eigenvalue weighted by molar-refractivity contribution is 7.89. The Balaban J connectivity index is 1.93. The Morgan fingerprint density at radius 1 is 1.21 bits per heavy atom. The van der Waals surface area contributed by atoms with Crippen molar-refractivity contribution < 1.29 is 27.3 Å². The number of esters is 1. The molecule has 0 unspecified atom stereocenters. The number of benzene rings is 1. The van der Waals surface area contributed by atoms with E-state index in [1.165, 1.54) is 38.2 Å². The minimum atomic E-state index is -3.90. The zero-order valence-electron chi connectivity index (χ0n) is 16.2. The molecular formula is C18H23N3O6S. The third kappa shape index (κ3) is 5.70. The molecule has 0 aliphatic heterocycles. The molecular weight excluding hydrogens is 386 g/mol. The topological polar surface area (TPSA) is 120 Å². The standard InChI is InChI=1S/C18H23N3O6S/c1-12(2)9-16-19-17(27-20-16)11-26-18(23)10-21(4)28(24,25)15-7-5-14(6-8-15)13(3)22/h5-8,12H,9-11H2,1-4H3. The molecule has 1 aromatic carbocycles. The summed E-state index contributed by atoms with van der Waals surface area (Å²) in [6.07, 6.45) is 0.640. The van der Waals surface area contributed by atoms with Crippen LogP contribution in [0.5, 0.6) is 0 Å². The summed E-state index contributed by atoms with van der Waals surface area (Å²) in [5.74, 6) is 0.106. The van der Waals surface area contributed by atoms with Crippen molar-refractivity contribution in [1.82, 2.24) is 14.4 Å². The third-order valence-electron chi connectivity index (χ3n) is 3.78. The maximum Gasteiger partial charge on any atom is 0.321 e. The summed E-state index contributed by atoms with van der Waals surface area (Å²) in [5, 5.41) is 3.79. The van der Waals surface area contributed by atoms with E-state index in [0.717, 1.165) is 4.31 Å². The minimum Gasteiger partial charge on any atom is -0.455 e. The Morgan fingerprint density at radius 3 is 2.43 bits per heavy atom. The van der Waals surface area contributed by atoms with E-state index >= 15 is 0 Å². The molecule has 9 nitrogen and oxygen atoms in total. The van der Waals surface area contributed by atoms with Gasteiger partial charge in [0.25, 0.3) is 5.89 Å². The lowest BCUT2D eigenvalue weighted by molar-refractivity contribution is -0.145. The first-order chi connectivity index (χ1) is 13.1. The maximum absolute atomic E-state index is 12.5. The number of aromatic nitrogens is 2. The second-order valence-corrected chi connectivity index (χ2v) is 8.75. The third-order valence-corrected chi connectivity index (χ3v) is 5.60. The number of likely N-dealkylation sites (N-methyl/N-ethyl adjacent to an activating group) is 1. The van der Waals surface area contributed by atoms with Crippen LogP contribution in [0.4, 0.5) is 0 Å². The van der Waals surface area contributed by atoms with Gasteiger partial charge in [0, 0.05) is 19.0 Å². The van der Waals surface area contributed by atoms with Gasteiger partial charge >= 0.3 is 5.97 Å². The first-order valence-corrected chi connectivity index (χ1v) is 10.1. The quantitative estimate of drug-likeness (QED) is 0.454. The van der Waals surface area contributed by atoms with Crippen LogP contribution in [0.3, 0.4) is 0 Å². The fourth-order valence-corrected chi connectivity index (χ4v) is 3.41. The number of rotatable bonds is 9. The molecule has 0 aliphatic rings. The van der Waals surface area contributed by atoms with E-state index in [1.54, 1.807) is 0 Å². The minimum absolute atomic E-state index is 0.0250. The highest BCUT2D eigenvalue weighted by Crippen LogP contribution is 2.15. The molecule has 28 heavy (non-hydrogen) atoms. The second-order valence-electron chi connectivity index (χ2n) is 6.70. The number of hydrogen-bond donors (Lipinski definition) is 0. The normalized spacial score (nSPS) is 11.8. The van der Waals surface area contributed by atoms with E-state index in [0.29, 0.717) is 23.7 Å². The molecule has 0 fully saturated rings. The van der Waals surface area contributed by atoms with Crippen LogP contribution in [0.25, 0.3) is 0 Å². The summed E-state index contributed by atoms with van der Waals surface area (Å²) in [6.45, 7) is 4.70. The Bertz CT molecular complexity index is 934. The molecule has 0 bridgehead atoms. The monoisotopic (exact) mass is 409 g/mol. The van der Waals surface area contributed by atoms with Crippen molar-refractivity contribution in [3.63, 3.8) is 0 Å². The summed E-state index contributed by atoms with van der Waals surface area (Å²) >= 11 is 0. The van der Waals surface area contributed by atoms with E-state index in [1.807, 2.05) is 13.8 Å². The van der Waals surface area contributed by atoms with Gasteiger partial charge in [0.15, 0.2) is 18.2 Å². The molecule has 0 saturated carbocycles. The van der Waals surface area contributed by atoms with Crippen molar-refractivity contribution in [2.75, 3.05) is 13.6 Å². The molecule has 2 aromatic rings. The van der Waals surface area contributed by atoms with Gasteiger partial charge < -0.3 is 9.26 Å². The predicted molar refractivity (Wildman–Crippen MR) is 98.9 cm³/mol. The van der Waals surface area contributed by atoms with Crippen molar-refractivity contribution in [2.45, 2.75) is 38.7 Å². The van der Waals surface area contributed by atoms with Gasteiger partial charge in [-0.1, -0.05) is 31.1 Å². The second kappa shape index (κ2) is 9.07. The van der Waals surface area contributed by atoms with Crippen LogP contribution in [0.2, 0.25) is 0 Å². The largest absolute Gasteiger partial charge is 0.455 e. The van der Waals surface area contributed by atoms with Crippen molar-refractivity contribution >= 4 is 21.8 Å². The number of sulfonamides is 1. The lowest BCUT2D eigenvalue weighted by atomic mass is 10.1. The number of ether oxygens (including phenoxy) is 1. The van der Waals surface area contributed by atoms with Crippen molar-refractivity contribution in [2.24, 2.45) is 5.92 Å². The van der Waals surface area contributed by atoms with Crippen LogP contribution in [0.1, 0.15) is 42.8 Å². The molecule has 0 aliphatic carbocycles. The van der Waals surface area contributed by atoms with Crippen molar-refractivity contribution in [3.05, 3.63) is 41.5 Å². The lowest BCUT2D eigenvalue weighted by Gasteiger charge is -2.16. The van der Waals surface area contributed by atoms with E-state index in [-0.39, 0.29) is 23.2 Å². The van der Waals surface area contributed by atoms with Gasteiger partial charge in [-0.25, -0.2) is 8.42 Å². The van der Waals surface area contributed by atoms with E-state index in [2.05, 4.69) is 10.1 Å². The molecule has 152 valence electrons. The summed E-state index contributed by atoms with van der Waals surface area (Å²) in [5.41, 5.74) is 0.400. The Kier molecular flexibility index (Phi) is 7.03. The lowest BCUT2D eigenvalue weighted by Crippen LogP contribution is -2.33. The van der Waals surface area contributed by atoms with Crippen molar-refractivity contribution in [1.29, 1.82) is 0 Å².